The molecule has 0 aliphatic rings. The monoisotopic (exact) mass is 354 g/mol. The fraction of sp³-hybridized carbons (Fsp3) is 0.294. The Bertz CT molecular complexity index is 610. The van der Waals surface area contributed by atoms with Crippen molar-refractivity contribution in [2.24, 2.45) is 0 Å². The van der Waals surface area contributed by atoms with Crippen molar-refractivity contribution in [3.8, 4) is 0 Å². The van der Waals surface area contributed by atoms with E-state index in [1.807, 2.05) is 0 Å². The molecule has 1 atom stereocenters. The predicted molar refractivity (Wildman–Crippen MR) is 87.4 cm³/mol. The normalized spacial score (nSPS) is 12.4. The summed E-state index contributed by atoms with van der Waals surface area (Å²) in [6.07, 6.45) is 2.01. The molecule has 1 unspecified atom stereocenters. The van der Waals surface area contributed by atoms with E-state index < -0.39 is 0 Å². The third-order valence-electron chi connectivity index (χ3n) is 3.52. The average molecular weight is 356 g/mol. The Morgan fingerprint density at radius 1 is 1.05 bits per heavy atom. The van der Waals surface area contributed by atoms with E-state index in [1.54, 1.807) is 12.1 Å². The summed E-state index contributed by atoms with van der Waals surface area (Å²) >= 11 is 9.40. The Morgan fingerprint density at radius 2 is 1.75 bits per heavy atom. The maximum Gasteiger partial charge on any atom is 0.129 e. The molecule has 0 fully saturated rings. The predicted octanol–water partition coefficient (Wildman–Crippen LogP) is 6.09. The van der Waals surface area contributed by atoms with Gasteiger partial charge in [0.25, 0.3) is 0 Å². The Hall–Kier alpha value is -0.860. The van der Waals surface area contributed by atoms with Crippen LogP contribution in [0, 0.1) is 5.82 Å². The molecule has 0 aromatic heterocycles. The average Bonchev–Trinajstić information content (AvgIpc) is 2.45. The van der Waals surface area contributed by atoms with Crippen molar-refractivity contribution in [2.75, 3.05) is 0 Å². The van der Waals surface area contributed by atoms with Gasteiger partial charge in [-0.05, 0) is 41.7 Å². The molecule has 2 aromatic rings. The van der Waals surface area contributed by atoms with Gasteiger partial charge in [0.2, 0.25) is 0 Å². The van der Waals surface area contributed by atoms with E-state index in [9.17, 15) is 4.39 Å². The van der Waals surface area contributed by atoms with Crippen molar-refractivity contribution in [3.05, 3.63) is 69.5 Å². The third kappa shape index (κ3) is 3.24. The molecule has 0 spiro atoms. The van der Waals surface area contributed by atoms with Crippen LogP contribution in [0.4, 0.5) is 4.39 Å². The Kier molecular flexibility index (Phi) is 5.22. The molecule has 0 aliphatic carbocycles. The number of hydrogen-bond donors (Lipinski definition) is 0. The Labute approximate surface area is 133 Å². The van der Waals surface area contributed by atoms with Crippen LogP contribution < -0.4 is 0 Å². The first kappa shape index (κ1) is 15.5. The summed E-state index contributed by atoms with van der Waals surface area (Å²) in [5.41, 5.74) is 4.36. The van der Waals surface area contributed by atoms with Crippen LogP contribution in [-0.2, 0) is 12.8 Å². The van der Waals surface area contributed by atoms with E-state index in [0.29, 0.717) is 10.6 Å². The van der Waals surface area contributed by atoms with E-state index in [1.165, 1.54) is 17.2 Å². The van der Waals surface area contributed by atoms with Gasteiger partial charge < -0.3 is 0 Å². The highest BCUT2D eigenvalue weighted by molar-refractivity contribution is 9.09. The largest absolute Gasteiger partial charge is 0.207 e. The van der Waals surface area contributed by atoms with Crippen molar-refractivity contribution in [2.45, 2.75) is 31.5 Å². The second kappa shape index (κ2) is 6.73. The maximum absolute atomic E-state index is 14.0. The highest BCUT2D eigenvalue weighted by atomic mass is 79.9. The highest BCUT2D eigenvalue weighted by Crippen LogP contribution is 2.34. The lowest BCUT2D eigenvalue weighted by Gasteiger charge is -2.15. The number of aryl methyl sites for hydroxylation is 2. The minimum absolute atomic E-state index is 0.157. The Morgan fingerprint density at radius 3 is 2.35 bits per heavy atom. The first-order chi connectivity index (χ1) is 9.56. The zero-order valence-electron chi connectivity index (χ0n) is 11.6. The summed E-state index contributed by atoms with van der Waals surface area (Å²) in [4.78, 5) is -0.157. The van der Waals surface area contributed by atoms with Gasteiger partial charge in [-0.1, -0.05) is 65.6 Å². The van der Waals surface area contributed by atoms with Crippen LogP contribution in [0.1, 0.15) is 40.9 Å². The SMILES string of the molecule is CCc1ccc(C(Br)c2ccc(Cl)cc2F)cc1CC. The van der Waals surface area contributed by atoms with Crippen molar-refractivity contribution >= 4 is 27.5 Å². The molecule has 0 saturated carbocycles. The second-order valence-corrected chi connectivity index (χ2v) is 6.12. The van der Waals surface area contributed by atoms with Gasteiger partial charge in [-0.3, -0.25) is 0 Å². The van der Waals surface area contributed by atoms with Gasteiger partial charge in [0.1, 0.15) is 5.82 Å². The number of rotatable bonds is 4. The van der Waals surface area contributed by atoms with Crippen molar-refractivity contribution < 1.29 is 4.39 Å². The molecular formula is C17H17BrClF. The maximum atomic E-state index is 14.0. The zero-order chi connectivity index (χ0) is 14.7. The lowest BCUT2D eigenvalue weighted by molar-refractivity contribution is 0.613. The number of halogens is 3. The van der Waals surface area contributed by atoms with Crippen molar-refractivity contribution in [1.82, 2.24) is 0 Å². The Balaban J connectivity index is 2.40. The van der Waals surface area contributed by atoms with Crippen LogP contribution in [0.15, 0.2) is 36.4 Å². The molecule has 2 rings (SSSR count). The number of hydrogen-bond acceptors (Lipinski definition) is 0. The zero-order valence-corrected chi connectivity index (χ0v) is 13.9. The van der Waals surface area contributed by atoms with Crippen LogP contribution in [0.2, 0.25) is 5.02 Å². The van der Waals surface area contributed by atoms with Crippen LogP contribution in [0.25, 0.3) is 0 Å². The topological polar surface area (TPSA) is 0 Å². The molecule has 106 valence electrons. The van der Waals surface area contributed by atoms with E-state index in [4.69, 9.17) is 11.6 Å². The van der Waals surface area contributed by atoms with Gasteiger partial charge in [-0.2, -0.15) is 0 Å². The van der Waals surface area contributed by atoms with Crippen LogP contribution in [0.5, 0.6) is 0 Å². The van der Waals surface area contributed by atoms with Crippen molar-refractivity contribution in [3.63, 3.8) is 0 Å². The van der Waals surface area contributed by atoms with E-state index in [2.05, 4.69) is 48.0 Å². The summed E-state index contributed by atoms with van der Waals surface area (Å²) in [5.74, 6) is -0.281. The second-order valence-electron chi connectivity index (χ2n) is 4.76. The molecule has 0 N–H and O–H groups in total. The van der Waals surface area contributed by atoms with Gasteiger partial charge in [0.05, 0.1) is 4.83 Å². The third-order valence-corrected chi connectivity index (χ3v) is 4.78. The summed E-state index contributed by atoms with van der Waals surface area (Å²) in [5, 5.41) is 0.418. The molecule has 0 heterocycles. The minimum Gasteiger partial charge on any atom is -0.207 e. The standard InChI is InChI=1S/C17H17BrClF/c1-3-11-5-6-13(9-12(11)4-2)17(18)15-8-7-14(19)10-16(15)20/h5-10,17H,3-4H2,1-2H3. The van der Waals surface area contributed by atoms with Gasteiger partial charge in [-0.15, -0.1) is 0 Å². The summed E-state index contributed by atoms with van der Waals surface area (Å²) in [6.45, 7) is 4.29. The highest BCUT2D eigenvalue weighted by Gasteiger charge is 2.16. The molecule has 0 amide bonds. The van der Waals surface area contributed by atoms with Crippen LogP contribution in [-0.4, -0.2) is 0 Å². The molecule has 2 aromatic carbocycles. The quantitative estimate of drug-likeness (QED) is 0.582. The van der Waals surface area contributed by atoms with Gasteiger partial charge >= 0.3 is 0 Å². The lowest BCUT2D eigenvalue weighted by Crippen LogP contribution is -1.99. The molecule has 3 heteroatoms. The van der Waals surface area contributed by atoms with Gasteiger partial charge in [0.15, 0.2) is 0 Å². The lowest BCUT2D eigenvalue weighted by atomic mass is 9.96. The fourth-order valence-corrected chi connectivity index (χ4v) is 3.18. The smallest absolute Gasteiger partial charge is 0.129 e. The molecular weight excluding hydrogens is 339 g/mol. The molecule has 0 saturated heterocycles. The van der Waals surface area contributed by atoms with E-state index in [0.717, 1.165) is 18.4 Å². The first-order valence-corrected chi connectivity index (χ1v) is 8.06. The molecule has 0 bridgehead atoms. The number of alkyl halides is 1. The minimum atomic E-state index is -0.281. The summed E-state index contributed by atoms with van der Waals surface area (Å²) < 4.78 is 14.0. The summed E-state index contributed by atoms with van der Waals surface area (Å²) in [6, 6.07) is 11.2. The van der Waals surface area contributed by atoms with Gasteiger partial charge in [-0.25, -0.2) is 4.39 Å². The van der Waals surface area contributed by atoms with Crippen molar-refractivity contribution in [1.29, 1.82) is 0 Å². The van der Waals surface area contributed by atoms with Crippen LogP contribution in [0.3, 0.4) is 0 Å². The van der Waals surface area contributed by atoms with E-state index in [-0.39, 0.29) is 10.6 Å². The summed E-state index contributed by atoms with van der Waals surface area (Å²) in [7, 11) is 0. The fourth-order valence-electron chi connectivity index (χ4n) is 2.36. The molecule has 0 nitrogen and oxygen atoms in total. The van der Waals surface area contributed by atoms with Crippen LogP contribution >= 0.6 is 27.5 Å². The number of benzene rings is 2. The van der Waals surface area contributed by atoms with E-state index >= 15 is 0 Å². The molecule has 20 heavy (non-hydrogen) atoms. The molecule has 0 radical (unpaired) electrons. The van der Waals surface area contributed by atoms with Gasteiger partial charge in [0, 0.05) is 10.6 Å². The first-order valence-electron chi connectivity index (χ1n) is 6.77. The molecule has 0 aliphatic heterocycles.